The molecular weight excluding hydrogens is 244 g/mol. The quantitative estimate of drug-likeness (QED) is 0.828. The van der Waals surface area contributed by atoms with E-state index in [-0.39, 0.29) is 5.78 Å². The Kier molecular flexibility index (Phi) is 4.29. The van der Waals surface area contributed by atoms with E-state index in [0.29, 0.717) is 6.42 Å². The Hall–Kier alpha value is -0.670. The van der Waals surface area contributed by atoms with Gasteiger partial charge in [0.1, 0.15) is 6.10 Å². The summed E-state index contributed by atoms with van der Waals surface area (Å²) in [6.07, 6.45) is 0.0582. The molecule has 0 spiro atoms. The van der Waals surface area contributed by atoms with Crippen LogP contribution >= 0.6 is 15.9 Å². The number of ether oxygens (including phenoxy) is 1. The molecule has 0 aliphatic carbocycles. The van der Waals surface area contributed by atoms with E-state index in [1.54, 1.807) is 7.11 Å². The van der Waals surface area contributed by atoms with Gasteiger partial charge in [-0.1, -0.05) is 35.0 Å². The van der Waals surface area contributed by atoms with E-state index in [2.05, 4.69) is 15.9 Å². The third-order valence-corrected chi connectivity index (χ3v) is 2.52. The first kappa shape index (κ1) is 11.4. The van der Waals surface area contributed by atoms with Crippen LogP contribution in [0.3, 0.4) is 0 Å². The maximum atomic E-state index is 11.5. The topological polar surface area (TPSA) is 26.3 Å². The summed E-state index contributed by atoms with van der Waals surface area (Å²) in [5, 5.41) is 0. The molecular formula is C11H13BrO2. The van der Waals surface area contributed by atoms with Gasteiger partial charge < -0.3 is 4.74 Å². The number of methoxy groups -OCH3 is 1. The highest BCUT2D eigenvalue weighted by Crippen LogP contribution is 2.22. The van der Waals surface area contributed by atoms with Crippen molar-refractivity contribution in [1.82, 2.24) is 0 Å². The molecule has 0 bridgehead atoms. The van der Waals surface area contributed by atoms with Gasteiger partial charge in [0.15, 0.2) is 5.78 Å². The number of benzene rings is 1. The number of rotatable bonds is 4. The zero-order valence-corrected chi connectivity index (χ0v) is 9.87. The van der Waals surface area contributed by atoms with E-state index in [1.165, 1.54) is 0 Å². The Morgan fingerprint density at radius 1 is 1.57 bits per heavy atom. The van der Waals surface area contributed by atoms with E-state index in [4.69, 9.17) is 4.74 Å². The number of carbonyl (C=O) groups is 1. The molecule has 0 N–H and O–H groups in total. The summed E-state index contributed by atoms with van der Waals surface area (Å²) in [6.45, 7) is 1.84. The molecule has 0 saturated heterocycles. The van der Waals surface area contributed by atoms with Gasteiger partial charge in [-0.3, -0.25) is 4.79 Å². The minimum absolute atomic E-state index is 0.102. The van der Waals surface area contributed by atoms with Gasteiger partial charge in [-0.05, 0) is 17.7 Å². The molecule has 14 heavy (non-hydrogen) atoms. The number of carbonyl (C=O) groups excluding carboxylic acids is 1. The van der Waals surface area contributed by atoms with Crippen LogP contribution < -0.4 is 0 Å². The second-order valence-electron chi connectivity index (χ2n) is 2.99. The van der Waals surface area contributed by atoms with Gasteiger partial charge in [-0.25, -0.2) is 0 Å². The molecule has 0 amide bonds. The number of halogens is 1. The fourth-order valence-electron chi connectivity index (χ4n) is 1.31. The molecule has 0 fully saturated rings. The molecule has 2 nitrogen and oxygen atoms in total. The predicted octanol–water partition coefficient (Wildman–Crippen LogP) is 3.12. The Balaban J connectivity index is 2.94. The van der Waals surface area contributed by atoms with Gasteiger partial charge >= 0.3 is 0 Å². The van der Waals surface area contributed by atoms with E-state index >= 15 is 0 Å². The largest absolute Gasteiger partial charge is 0.369 e. The van der Waals surface area contributed by atoms with Crippen molar-refractivity contribution >= 4 is 21.7 Å². The SMILES string of the molecule is CCC(=O)C(OC)c1cccc(Br)c1. The van der Waals surface area contributed by atoms with Crippen LogP contribution in [0.4, 0.5) is 0 Å². The molecule has 0 aromatic heterocycles. The lowest BCUT2D eigenvalue weighted by molar-refractivity contribution is -0.128. The van der Waals surface area contributed by atoms with E-state index in [9.17, 15) is 4.79 Å². The molecule has 1 unspecified atom stereocenters. The van der Waals surface area contributed by atoms with Crippen LogP contribution in [0.15, 0.2) is 28.7 Å². The van der Waals surface area contributed by atoms with Crippen molar-refractivity contribution in [2.75, 3.05) is 7.11 Å². The van der Waals surface area contributed by atoms with Gasteiger partial charge in [-0.2, -0.15) is 0 Å². The Morgan fingerprint density at radius 3 is 2.79 bits per heavy atom. The van der Waals surface area contributed by atoms with Crippen molar-refractivity contribution in [2.24, 2.45) is 0 Å². The van der Waals surface area contributed by atoms with Crippen molar-refractivity contribution in [2.45, 2.75) is 19.4 Å². The molecule has 0 saturated carbocycles. The zero-order chi connectivity index (χ0) is 10.6. The fraction of sp³-hybridized carbons (Fsp3) is 0.364. The molecule has 0 radical (unpaired) electrons. The molecule has 3 heteroatoms. The molecule has 1 rings (SSSR count). The summed E-state index contributed by atoms with van der Waals surface area (Å²) in [5.74, 6) is 0.102. The summed E-state index contributed by atoms with van der Waals surface area (Å²) < 4.78 is 6.13. The first-order chi connectivity index (χ1) is 6.69. The van der Waals surface area contributed by atoms with Gasteiger partial charge in [0.05, 0.1) is 0 Å². The molecule has 1 aromatic rings. The molecule has 76 valence electrons. The van der Waals surface area contributed by atoms with Crippen LogP contribution in [0, 0.1) is 0 Å². The number of ketones is 1. The van der Waals surface area contributed by atoms with Crippen molar-refractivity contribution in [3.05, 3.63) is 34.3 Å². The predicted molar refractivity (Wildman–Crippen MR) is 59.2 cm³/mol. The van der Waals surface area contributed by atoms with E-state index in [0.717, 1.165) is 10.0 Å². The standard InChI is InChI=1S/C11H13BrO2/c1-3-10(13)11(14-2)8-5-4-6-9(12)7-8/h4-7,11H,3H2,1-2H3. The lowest BCUT2D eigenvalue weighted by Gasteiger charge is -2.13. The van der Waals surface area contributed by atoms with Gasteiger partial charge in [0.25, 0.3) is 0 Å². The van der Waals surface area contributed by atoms with Crippen molar-refractivity contribution in [3.8, 4) is 0 Å². The second kappa shape index (κ2) is 5.27. The number of hydrogen-bond acceptors (Lipinski definition) is 2. The molecule has 0 heterocycles. The molecule has 0 aliphatic heterocycles. The normalized spacial score (nSPS) is 12.5. The summed E-state index contributed by atoms with van der Waals surface area (Å²) in [7, 11) is 1.55. The minimum atomic E-state index is -0.433. The first-order valence-electron chi connectivity index (χ1n) is 4.50. The Morgan fingerprint density at radius 2 is 2.29 bits per heavy atom. The smallest absolute Gasteiger partial charge is 0.165 e. The average Bonchev–Trinajstić information content (AvgIpc) is 2.19. The second-order valence-corrected chi connectivity index (χ2v) is 3.91. The minimum Gasteiger partial charge on any atom is -0.369 e. The summed E-state index contributed by atoms with van der Waals surface area (Å²) in [4.78, 5) is 11.5. The molecule has 0 aliphatic rings. The monoisotopic (exact) mass is 256 g/mol. The van der Waals surface area contributed by atoms with Gasteiger partial charge in [0.2, 0.25) is 0 Å². The summed E-state index contributed by atoms with van der Waals surface area (Å²) >= 11 is 3.36. The Labute approximate surface area is 92.4 Å². The maximum Gasteiger partial charge on any atom is 0.165 e. The van der Waals surface area contributed by atoms with Crippen LogP contribution in [0.5, 0.6) is 0 Å². The molecule has 1 aromatic carbocycles. The highest BCUT2D eigenvalue weighted by atomic mass is 79.9. The summed E-state index contributed by atoms with van der Waals surface area (Å²) in [6, 6.07) is 7.62. The fourth-order valence-corrected chi connectivity index (χ4v) is 1.73. The average molecular weight is 257 g/mol. The summed E-state index contributed by atoms with van der Waals surface area (Å²) in [5.41, 5.74) is 0.897. The van der Waals surface area contributed by atoms with Crippen LogP contribution in [0.1, 0.15) is 25.0 Å². The maximum absolute atomic E-state index is 11.5. The van der Waals surface area contributed by atoms with Crippen LogP contribution in [0.2, 0.25) is 0 Å². The van der Waals surface area contributed by atoms with Gasteiger partial charge in [0, 0.05) is 18.0 Å². The third kappa shape index (κ3) is 2.66. The van der Waals surface area contributed by atoms with Crippen LogP contribution in [0.25, 0.3) is 0 Å². The molecule has 1 atom stereocenters. The lowest BCUT2D eigenvalue weighted by Crippen LogP contribution is -2.13. The van der Waals surface area contributed by atoms with Crippen molar-refractivity contribution < 1.29 is 9.53 Å². The van der Waals surface area contributed by atoms with Gasteiger partial charge in [-0.15, -0.1) is 0 Å². The van der Waals surface area contributed by atoms with E-state index in [1.807, 2.05) is 31.2 Å². The Bertz CT molecular complexity index is 323. The third-order valence-electron chi connectivity index (χ3n) is 2.03. The van der Waals surface area contributed by atoms with Crippen molar-refractivity contribution in [3.63, 3.8) is 0 Å². The lowest BCUT2D eigenvalue weighted by atomic mass is 10.0. The van der Waals surface area contributed by atoms with Crippen LogP contribution in [-0.2, 0) is 9.53 Å². The highest BCUT2D eigenvalue weighted by Gasteiger charge is 2.17. The van der Waals surface area contributed by atoms with E-state index < -0.39 is 6.10 Å². The first-order valence-corrected chi connectivity index (χ1v) is 5.29. The van der Waals surface area contributed by atoms with Crippen LogP contribution in [-0.4, -0.2) is 12.9 Å². The number of Topliss-reactive ketones (excluding diaryl/α,β-unsaturated/α-hetero) is 1. The highest BCUT2D eigenvalue weighted by molar-refractivity contribution is 9.10. The zero-order valence-electron chi connectivity index (χ0n) is 8.29. The number of hydrogen-bond donors (Lipinski definition) is 0. The van der Waals surface area contributed by atoms with Crippen molar-refractivity contribution in [1.29, 1.82) is 0 Å².